The summed E-state index contributed by atoms with van der Waals surface area (Å²) in [6, 6.07) is 16.0. The van der Waals surface area contributed by atoms with Gasteiger partial charge in [0.05, 0.1) is 37.0 Å². The third kappa shape index (κ3) is 5.61. The van der Waals surface area contributed by atoms with Crippen molar-refractivity contribution in [2.24, 2.45) is 0 Å². The molecule has 5 rings (SSSR count). The molecule has 0 spiro atoms. The van der Waals surface area contributed by atoms with Crippen LogP contribution < -0.4 is 10.6 Å². The van der Waals surface area contributed by atoms with Gasteiger partial charge in [-0.1, -0.05) is 58.5 Å². The fourth-order valence-electron chi connectivity index (χ4n) is 4.00. The van der Waals surface area contributed by atoms with E-state index in [1.165, 1.54) is 10.7 Å². The first kappa shape index (κ1) is 26.4. The molecule has 1 fully saturated rings. The van der Waals surface area contributed by atoms with Gasteiger partial charge in [0.1, 0.15) is 5.75 Å². The highest BCUT2D eigenvalue weighted by atomic mass is 35.5. The van der Waals surface area contributed by atoms with Crippen molar-refractivity contribution in [3.63, 3.8) is 0 Å². The first-order chi connectivity index (χ1) is 18.2. The number of phenols is 1. The van der Waals surface area contributed by atoms with Crippen LogP contribution in [0.5, 0.6) is 5.75 Å². The van der Waals surface area contributed by atoms with Crippen LogP contribution in [0, 0.1) is 0 Å². The topological polar surface area (TPSA) is 96.3 Å². The van der Waals surface area contributed by atoms with E-state index in [9.17, 15) is 14.7 Å². The van der Waals surface area contributed by atoms with Crippen LogP contribution in [0.1, 0.15) is 40.4 Å². The molecular formula is C27H20Cl4N4O3. The van der Waals surface area contributed by atoms with Gasteiger partial charge in [0.25, 0.3) is 5.91 Å². The second kappa shape index (κ2) is 10.9. The van der Waals surface area contributed by atoms with Crippen LogP contribution in [-0.4, -0.2) is 26.8 Å². The van der Waals surface area contributed by atoms with Crippen LogP contribution in [0.15, 0.2) is 60.7 Å². The Morgan fingerprint density at radius 1 is 0.921 bits per heavy atom. The van der Waals surface area contributed by atoms with Crippen molar-refractivity contribution >= 4 is 64.0 Å². The first-order valence-electron chi connectivity index (χ1n) is 11.6. The summed E-state index contributed by atoms with van der Waals surface area (Å²) in [5.74, 6) is -0.406. The summed E-state index contributed by atoms with van der Waals surface area (Å²) in [7, 11) is 0. The average molecular weight is 590 g/mol. The number of benzene rings is 3. The summed E-state index contributed by atoms with van der Waals surface area (Å²) in [5, 5.41) is 22.0. The predicted octanol–water partition coefficient (Wildman–Crippen LogP) is 7.76. The van der Waals surface area contributed by atoms with Gasteiger partial charge in [-0.2, -0.15) is 9.78 Å². The van der Waals surface area contributed by atoms with Crippen molar-refractivity contribution < 1.29 is 14.7 Å². The van der Waals surface area contributed by atoms with E-state index in [0.717, 1.165) is 24.1 Å². The Kier molecular flexibility index (Phi) is 7.54. The molecule has 1 saturated carbocycles. The van der Waals surface area contributed by atoms with Gasteiger partial charge in [0, 0.05) is 29.8 Å². The number of carbonyl (C=O) groups excluding carboxylic acids is 2. The summed E-state index contributed by atoms with van der Waals surface area (Å²) in [4.78, 5) is 25.7. The van der Waals surface area contributed by atoms with Crippen LogP contribution >= 0.6 is 46.4 Å². The van der Waals surface area contributed by atoms with E-state index >= 15 is 0 Å². The Bertz CT molecular complexity index is 1550. The number of rotatable bonds is 6. The minimum absolute atomic E-state index is 0.115. The summed E-state index contributed by atoms with van der Waals surface area (Å²) in [6.45, 7) is 0.240. The summed E-state index contributed by atoms with van der Waals surface area (Å²) < 4.78 is 1.33. The maximum absolute atomic E-state index is 13.0. The number of phenolic OH excluding ortho intramolecular Hbond substituents is 1. The molecule has 0 bridgehead atoms. The second-order valence-electron chi connectivity index (χ2n) is 8.83. The van der Waals surface area contributed by atoms with Crippen molar-refractivity contribution in [2.45, 2.75) is 25.3 Å². The lowest BCUT2D eigenvalue weighted by atomic mass is 10.1. The van der Waals surface area contributed by atoms with Crippen molar-refractivity contribution in [1.82, 2.24) is 15.1 Å². The molecule has 0 unspecified atom stereocenters. The van der Waals surface area contributed by atoms with Crippen LogP contribution in [0.3, 0.4) is 0 Å². The van der Waals surface area contributed by atoms with E-state index in [0.29, 0.717) is 27.0 Å². The van der Waals surface area contributed by atoms with Gasteiger partial charge in [-0.15, -0.1) is 0 Å². The van der Waals surface area contributed by atoms with Gasteiger partial charge in [-0.3, -0.25) is 4.79 Å². The minimum atomic E-state index is -0.508. The van der Waals surface area contributed by atoms with Crippen LogP contribution in [-0.2, 0) is 6.54 Å². The highest BCUT2D eigenvalue weighted by molar-refractivity contribution is 6.42. The molecule has 0 atom stereocenters. The maximum Gasteiger partial charge on any atom is 0.342 e. The SMILES string of the molecule is O=C(Nc1ccc(-c2cc(C3CC3)n(C(=O)NCc3ccc(Cl)c(Cl)c3)n2)c(O)c1)c1c(Cl)cccc1Cl. The number of anilines is 1. The lowest BCUT2D eigenvalue weighted by Gasteiger charge is -2.10. The molecule has 3 N–H and O–H groups in total. The van der Waals surface area contributed by atoms with Gasteiger partial charge >= 0.3 is 6.03 Å². The highest BCUT2D eigenvalue weighted by Gasteiger charge is 2.31. The molecule has 194 valence electrons. The second-order valence-corrected chi connectivity index (χ2v) is 10.5. The summed E-state index contributed by atoms with van der Waals surface area (Å²) >= 11 is 24.3. The predicted molar refractivity (Wildman–Crippen MR) is 150 cm³/mol. The number of aromatic hydroxyl groups is 1. The molecule has 0 aliphatic heterocycles. The molecule has 3 aromatic carbocycles. The highest BCUT2D eigenvalue weighted by Crippen LogP contribution is 2.42. The Morgan fingerprint density at radius 3 is 2.32 bits per heavy atom. The largest absolute Gasteiger partial charge is 0.507 e. The molecule has 1 aliphatic rings. The van der Waals surface area contributed by atoms with Crippen LogP contribution in [0.2, 0.25) is 20.1 Å². The Hall–Kier alpha value is -3.23. The monoisotopic (exact) mass is 588 g/mol. The smallest absolute Gasteiger partial charge is 0.342 e. The molecule has 0 saturated heterocycles. The van der Waals surface area contributed by atoms with Gasteiger partial charge < -0.3 is 15.7 Å². The minimum Gasteiger partial charge on any atom is -0.507 e. The number of hydrogen-bond donors (Lipinski definition) is 3. The Morgan fingerprint density at radius 2 is 1.66 bits per heavy atom. The van der Waals surface area contributed by atoms with Gasteiger partial charge in [-0.05, 0) is 60.9 Å². The molecular weight excluding hydrogens is 570 g/mol. The van der Waals surface area contributed by atoms with Crippen molar-refractivity contribution in [2.75, 3.05) is 5.32 Å². The van der Waals surface area contributed by atoms with E-state index < -0.39 is 11.9 Å². The zero-order chi connectivity index (χ0) is 27.0. The van der Waals surface area contributed by atoms with Crippen LogP contribution in [0.4, 0.5) is 10.5 Å². The van der Waals surface area contributed by atoms with E-state index in [2.05, 4.69) is 15.7 Å². The summed E-state index contributed by atoms with van der Waals surface area (Å²) in [6.07, 6.45) is 1.90. The van der Waals surface area contributed by atoms with E-state index in [-0.39, 0.29) is 33.8 Å². The number of nitrogens with one attached hydrogen (secondary N) is 2. The number of amides is 2. The lowest BCUT2D eigenvalue weighted by Crippen LogP contribution is -2.30. The van der Waals surface area contributed by atoms with Gasteiger partial charge in [0.15, 0.2) is 0 Å². The quantitative estimate of drug-likeness (QED) is 0.214. The summed E-state index contributed by atoms with van der Waals surface area (Å²) in [5.41, 5.74) is 2.88. The Labute approximate surface area is 238 Å². The van der Waals surface area contributed by atoms with Crippen molar-refractivity contribution in [1.29, 1.82) is 0 Å². The Balaban J connectivity index is 1.35. The third-order valence-electron chi connectivity index (χ3n) is 6.07. The van der Waals surface area contributed by atoms with Gasteiger partial charge in [-0.25, -0.2) is 4.79 Å². The zero-order valence-corrected chi connectivity index (χ0v) is 22.7. The zero-order valence-electron chi connectivity index (χ0n) is 19.6. The lowest BCUT2D eigenvalue weighted by molar-refractivity contribution is 0.102. The van der Waals surface area contributed by atoms with E-state index in [1.807, 2.05) is 0 Å². The van der Waals surface area contributed by atoms with Crippen molar-refractivity contribution in [3.8, 4) is 17.0 Å². The fourth-order valence-corrected chi connectivity index (χ4v) is 4.89. The van der Waals surface area contributed by atoms with E-state index in [1.54, 1.807) is 54.6 Å². The molecule has 7 nitrogen and oxygen atoms in total. The molecule has 1 aromatic heterocycles. The number of aromatic nitrogens is 2. The van der Waals surface area contributed by atoms with E-state index in [4.69, 9.17) is 46.4 Å². The van der Waals surface area contributed by atoms with Crippen LogP contribution in [0.25, 0.3) is 11.3 Å². The van der Waals surface area contributed by atoms with Gasteiger partial charge in [0.2, 0.25) is 0 Å². The first-order valence-corrected chi connectivity index (χ1v) is 13.1. The molecule has 38 heavy (non-hydrogen) atoms. The molecule has 0 radical (unpaired) electrons. The fraction of sp³-hybridized carbons (Fsp3) is 0.148. The number of hydrogen-bond acceptors (Lipinski definition) is 4. The van der Waals surface area contributed by atoms with Crippen molar-refractivity contribution in [3.05, 3.63) is 97.6 Å². The normalized spacial score (nSPS) is 12.8. The maximum atomic E-state index is 13.0. The average Bonchev–Trinajstić information content (AvgIpc) is 3.63. The third-order valence-corrected chi connectivity index (χ3v) is 7.44. The molecule has 2 amide bonds. The number of carbonyl (C=O) groups is 2. The number of nitrogens with zero attached hydrogens (tertiary/aromatic N) is 2. The molecule has 1 aliphatic carbocycles. The molecule has 11 heteroatoms. The number of halogens is 4. The molecule has 4 aromatic rings. The standard InChI is InChI=1S/C27H20Cl4N4O3/c28-18-9-4-14(10-21(18)31)13-32-27(38)35-23(15-5-6-15)12-22(34-35)17-8-7-16(11-24(17)36)33-26(37)25-19(29)2-1-3-20(25)30/h1-4,7-12,15,36H,5-6,13H2,(H,32,38)(H,33,37). The molecule has 1 heterocycles.